The van der Waals surface area contributed by atoms with Crippen LogP contribution in [0.5, 0.6) is 0 Å². The molecule has 2 aromatic rings. The maximum absolute atomic E-state index is 11.7. The van der Waals surface area contributed by atoms with Gasteiger partial charge in [-0.25, -0.2) is 9.78 Å². The van der Waals surface area contributed by atoms with E-state index in [9.17, 15) is 9.59 Å². The Hall–Kier alpha value is -2.63. The van der Waals surface area contributed by atoms with Crippen molar-refractivity contribution in [2.45, 2.75) is 13.0 Å². The van der Waals surface area contributed by atoms with Crippen LogP contribution in [-0.4, -0.2) is 23.0 Å². The number of rotatable bonds is 4. The molecule has 0 aliphatic rings. The van der Waals surface area contributed by atoms with Crippen molar-refractivity contribution in [1.82, 2.24) is 4.98 Å². The predicted molar refractivity (Wildman–Crippen MR) is 66.0 cm³/mol. The average Bonchev–Trinajstić information content (AvgIpc) is 2.92. The summed E-state index contributed by atoms with van der Waals surface area (Å²) in [5.74, 6) is -0.688. The number of carbonyl (C=O) groups excluding carboxylic acids is 2. The van der Waals surface area contributed by atoms with Crippen molar-refractivity contribution in [2.24, 2.45) is 5.73 Å². The zero-order chi connectivity index (χ0) is 13.8. The van der Waals surface area contributed by atoms with Gasteiger partial charge in [0.2, 0.25) is 0 Å². The number of esters is 1. The molecule has 0 radical (unpaired) electrons. The van der Waals surface area contributed by atoms with Crippen molar-refractivity contribution < 1.29 is 18.7 Å². The monoisotopic (exact) mass is 260 g/mol. The van der Waals surface area contributed by atoms with Gasteiger partial charge in [-0.15, -0.1) is 0 Å². The second-order valence-corrected chi connectivity index (χ2v) is 3.89. The third-order valence-electron chi connectivity index (χ3n) is 2.52. The second-order valence-electron chi connectivity index (χ2n) is 3.89. The van der Waals surface area contributed by atoms with Gasteiger partial charge in [-0.05, 0) is 19.1 Å². The molecule has 0 spiro atoms. The smallest absolute Gasteiger partial charge is 0.338 e. The first-order chi connectivity index (χ1) is 9.08. The summed E-state index contributed by atoms with van der Waals surface area (Å²) in [6.45, 7) is 1.42. The van der Waals surface area contributed by atoms with Crippen molar-refractivity contribution in [3.8, 4) is 11.3 Å². The lowest BCUT2D eigenvalue weighted by molar-refractivity contribution is -0.125. The van der Waals surface area contributed by atoms with Gasteiger partial charge in [0.25, 0.3) is 5.91 Å². The quantitative estimate of drug-likeness (QED) is 0.837. The van der Waals surface area contributed by atoms with E-state index >= 15 is 0 Å². The molecule has 0 bridgehead atoms. The Bertz CT molecular complexity index is 575. The molecular formula is C13H12N2O4. The number of hydrogen-bond acceptors (Lipinski definition) is 5. The first-order valence-electron chi connectivity index (χ1n) is 5.57. The Morgan fingerprint density at radius 2 is 2.00 bits per heavy atom. The van der Waals surface area contributed by atoms with Crippen LogP contribution in [0.2, 0.25) is 0 Å². The van der Waals surface area contributed by atoms with Gasteiger partial charge in [-0.3, -0.25) is 4.79 Å². The Balaban J connectivity index is 2.10. The van der Waals surface area contributed by atoms with Crippen molar-refractivity contribution >= 4 is 11.9 Å². The molecule has 19 heavy (non-hydrogen) atoms. The molecule has 1 heterocycles. The summed E-state index contributed by atoms with van der Waals surface area (Å²) in [4.78, 5) is 26.3. The Kier molecular flexibility index (Phi) is 3.61. The van der Waals surface area contributed by atoms with Crippen LogP contribution in [0.15, 0.2) is 41.3 Å². The third kappa shape index (κ3) is 2.98. The fraction of sp³-hybridized carbons (Fsp3) is 0.154. The molecule has 1 aromatic heterocycles. The van der Waals surface area contributed by atoms with Crippen LogP contribution in [-0.2, 0) is 9.53 Å². The number of oxazole rings is 1. The second kappa shape index (κ2) is 5.34. The van der Waals surface area contributed by atoms with E-state index < -0.39 is 18.0 Å². The molecule has 0 saturated carbocycles. The van der Waals surface area contributed by atoms with Crippen LogP contribution in [0.25, 0.3) is 11.3 Å². The summed E-state index contributed by atoms with van der Waals surface area (Å²) in [7, 11) is 0. The van der Waals surface area contributed by atoms with Crippen LogP contribution in [0, 0.1) is 0 Å². The van der Waals surface area contributed by atoms with Gasteiger partial charge in [0.1, 0.15) is 0 Å². The molecule has 0 aliphatic heterocycles. The first kappa shape index (κ1) is 12.8. The van der Waals surface area contributed by atoms with Gasteiger partial charge < -0.3 is 14.9 Å². The molecule has 2 N–H and O–H groups in total. The fourth-order valence-corrected chi connectivity index (χ4v) is 1.42. The molecule has 98 valence electrons. The third-order valence-corrected chi connectivity index (χ3v) is 2.52. The molecule has 1 aromatic carbocycles. The Labute approximate surface area is 109 Å². The zero-order valence-corrected chi connectivity index (χ0v) is 10.2. The van der Waals surface area contributed by atoms with Gasteiger partial charge in [0.05, 0.1) is 11.8 Å². The number of primary amides is 1. The number of hydrogen-bond donors (Lipinski definition) is 1. The molecule has 6 nitrogen and oxygen atoms in total. The first-order valence-corrected chi connectivity index (χ1v) is 5.57. The topological polar surface area (TPSA) is 95.4 Å². The summed E-state index contributed by atoms with van der Waals surface area (Å²) in [5.41, 5.74) is 6.13. The number of carbonyl (C=O) groups is 2. The fourth-order valence-electron chi connectivity index (χ4n) is 1.42. The SMILES string of the molecule is C[C@H](OC(=O)c1ccc(-c2cnco2)cc1)C(N)=O. The van der Waals surface area contributed by atoms with E-state index in [2.05, 4.69) is 4.98 Å². The summed E-state index contributed by atoms with van der Waals surface area (Å²) in [6.07, 6.45) is 1.94. The standard InChI is InChI=1S/C13H12N2O4/c1-8(12(14)16)19-13(17)10-4-2-9(3-5-10)11-6-15-7-18-11/h2-8H,1H3,(H2,14,16)/t8-/m0/s1. The van der Waals surface area contributed by atoms with Crippen molar-refractivity contribution in [2.75, 3.05) is 0 Å². The van der Waals surface area contributed by atoms with Crippen LogP contribution in [0.3, 0.4) is 0 Å². The highest BCUT2D eigenvalue weighted by atomic mass is 16.5. The number of nitrogens with two attached hydrogens (primary N) is 1. The molecule has 1 atom stereocenters. The van der Waals surface area contributed by atoms with Crippen LogP contribution in [0.1, 0.15) is 17.3 Å². The molecule has 0 unspecified atom stereocenters. The zero-order valence-electron chi connectivity index (χ0n) is 10.2. The minimum Gasteiger partial charge on any atom is -0.449 e. The molecule has 0 fully saturated rings. The lowest BCUT2D eigenvalue weighted by atomic mass is 10.1. The van der Waals surface area contributed by atoms with Gasteiger partial charge >= 0.3 is 5.97 Å². The maximum Gasteiger partial charge on any atom is 0.338 e. The van der Waals surface area contributed by atoms with Gasteiger partial charge in [-0.2, -0.15) is 0 Å². The minimum atomic E-state index is -0.957. The van der Waals surface area contributed by atoms with Crippen LogP contribution < -0.4 is 5.73 Å². The minimum absolute atomic E-state index is 0.330. The molecular weight excluding hydrogens is 248 g/mol. The van der Waals surface area contributed by atoms with E-state index in [0.29, 0.717) is 11.3 Å². The van der Waals surface area contributed by atoms with Crippen molar-refractivity contribution in [3.63, 3.8) is 0 Å². The summed E-state index contributed by atoms with van der Waals surface area (Å²) >= 11 is 0. The Morgan fingerprint density at radius 1 is 1.32 bits per heavy atom. The number of ether oxygens (including phenoxy) is 1. The number of benzene rings is 1. The van der Waals surface area contributed by atoms with Crippen LogP contribution in [0.4, 0.5) is 0 Å². The predicted octanol–water partition coefficient (Wildman–Crippen LogP) is 1.37. The normalized spacial score (nSPS) is 11.8. The number of amides is 1. The summed E-state index contributed by atoms with van der Waals surface area (Å²) in [5, 5.41) is 0. The van der Waals surface area contributed by atoms with E-state index in [4.69, 9.17) is 14.9 Å². The number of nitrogens with zero attached hydrogens (tertiary/aromatic N) is 1. The van der Waals surface area contributed by atoms with Crippen molar-refractivity contribution in [3.05, 3.63) is 42.4 Å². The highest BCUT2D eigenvalue weighted by Crippen LogP contribution is 2.19. The van der Waals surface area contributed by atoms with Gasteiger partial charge in [-0.1, -0.05) is 12.1 Å². The molecule has 1 amide bonds. The largest absolute Gasteiger partial charge is 0.449 e. The van der Waals surface area contributed by atoms with Gasteiger partial charge in [0.15, 0.2) is 18.3 Å². The van der Waals surface area contributed by atoms with E-state index in [1.54, 1.807) is 30.5 Å². The molecule has 6 heteroatoms. The van der Waals surface area contributed by atoms with Gasteiger partial charge in [0, 0.05) is 5.56 Å². The number of aromatic nitrogens is 1. The molecule has 2 rings (SSSR count). The van der Waals surface area contributed by atoms with E-state index in [-0.39, 0.29) is 0 Å². The van der Waals surface area contributed by atoms with E-state index in [1.165, 1.54) is 13.3 Å². The lowest BCUT2D eigenvalue weighted by Gasteiger charge is -2.09. The summed E-state index contributed by atoms with van der Waals surface area (Å²) in [6, 6.07) is 6.56. The van der Waals surface area contributed by atoms with E-state index in [1.807, 2.05) is 0 Å². The maximum atomic E-state index is 11.7. The highest BCUT2D eigenvalue weighted by molar-refractivity contribution is 5.92. The van der Waals surface area contributed by atoms with E-state index in [0.717, 1.165) is 5.56 Å². The van der Waals surface area contributed by atoms with Crippen molar-refractivity contribution in [1.29, 1.82) is 0 Å². The highest BCUT2D eigenvalue weighted by Gasteiger charge is 2.16. The lowest BCUT2D eigenvalue weighted by Crippen LogP contribution is -2.30. The summed E-state index contributed by atoms with van der Waals surface area (Å²) < 4.78 is 10.0. The van der Waals surface area contributed by atoms with Crippen LogP contribution >= 0.6 is 0 Å². The molecule has 0 saturated heterocycles. The Morgan fingerprint density at radius 3 is 2.53 bits per heavy atom. The molecule has 0 aliphatic carbocycles. The average molecular weight is 260 g/mol.